The molecule has 2 saturated heterocycles. The third-order valence-corrected chi connectivity index (χ3v) is 5.91. The number of nitrogens with zero attached hydrogens (tertiary/aromatic N) is 3. The lowest BCUT2D eigenvalue weighted by molar-refractivity contribution is -0.122. The molecule has 0 radical (unpaired) electrons. The first-order chi connectivity index (χ1) is 14.6. The first kappa shape index (κ1) is 20.2. The van der Waals surface area contributed by atoms with E-state index in [4.69, 9.17) is 9.47 Å². The Morgan fingerprint density at radius 2 is 1.70 bits per heavy atom. The van der Waals surface area contributed by atoms with Crippen molar-refractivity contribution in [3.63, 3.8) is 0 Å². The van der Waals surface area contributed by atoms with Gasteiger partial charge in [-0.15, -0.1) is 0 Å². The molecule has 0 saturated carbocycles. The quantitative estimate of drug-likeness (QED) is 0.758. The smallest absolute Gasteiger partial charge is 0.254 e. The van der Waals surface area contributed by atoms with Crippen molar-refractivity contribution in [3.8, 4) is 11.5 Å². The molecule has 7 heteroatoms. The summed E-state index contributed by atoms with van der Waals surface area (Å²) in [6.45, 7) is 3.26. The molecule has 0 spiro atoms. The number of amides is 2. The van der Waals surface area contributed by atoms with E-state index < -0.39 is 0 Å². The van der Waals surface area contributed by atoms with Gasteiger partial charge < -0.3 is 19.3 Å². The van der Waals surface area contributed by atoms with Gasteiger partial charge in [0.15, 0.2) is 0 Å². The standard InChI is InChI=1S/C23H27N3O4/c1-29-18-7-5-6-17(16-18)22(27)25-14-12-24(13-15-25)20-10-11-26(23(20)28)19-8-3-4-9-21(19)30-2/h3-9,16,20H,10-15H2,1-2H3. The second-order valence-corrected chi connectivity index (χ2v) is 7.53. The SMILES string of the molecule is COc1cccc(C(=O)N2CCN(C3CCN(c4ccccc4OC)C3=O)CC2)c1. The zero-order chi connectivity index (χ0) is 21.1. The molecule has 0 bridgehead atoms. The van der Waals surface area contributed by atoms with Crippen molar-refractivity contribution in [2.24, 2.45) is 0 Å². The van der Waals surface area contributed by atoms with Gasteiger partial charge in [0.2, 0.25) is 5.91 Å². The number of benzene rings is 2. The molecular formula is C23H27N3O4. The Kier molecular flexibility index (Phi) is 5.90. The van der Waals surface area contributed by atoms with E-state index in [1.54, 1.807) is 20.3 Å². The maximum atomic E-state index is 13.1. The van der Waals surface area contributed by atoms with E-state index >= 15 is 0 Å². The highest BCUT2D eigenvalue weighted by molar-refractivity contribution is 6.00. The van der Waals surface area contributed by atoms with Gasteiger partial charge in [-0.3, -0.25) is 14.5 Å². The third kappa shape index (κ3) is 3.85. The number of ether oxygens (including phenoxy) is 2. The molecule has 4 rings (SSSR count). The van der Waals surface area contributed by atoms with Gasteiger partial charge in [-0.1, -0.05) is 18.2 Å². The second-order valence-electron chi connectivity index (χ2n) is 7.53. The van der Waals surface area contributed by atoms with Crippen LogP contribution in [0.2, 0.25) is 0 Å². The minimum Gasteiger partial charge on any atom is -0.497 e. The van der Waals surface area contributed by atoms with Crippen LogP contribution in [0, 0.1) is 0 Å². The van der Waals surface area contributed by atoms with Gasteiger partial charge in [-0.2, -0.15) is 0 Å². The Morgan fingerprint density at radius 1 is 0.933 bits per heavy atom. The summed E-state index contributed by atoms with van der Waals surface area (Å²) in [7, 11) is 3.21. The van der Waals surface area contributed by atoms with Crippen LogP contribution in [0.3, 0.4) is 0 Å². The van der Waals surface area contributed by atoms with Crippen molar-refractivity contribution in [1.29, 1.82) is 0 Å². The molecule has 0 aromatic heterocycles. The summed E-state index contributed by atoms with van der Waals surface area (Å²) in [6.07, 6.45) is 0.778. The predicted molar refractivity (Wildman–Crippen MR) is 114 cm³/mol. The minimum atomic E-state index is -0.149. The first-order valence-electron chi connectivity index (χ1n) is 10.2. The number of rotatable bonds is 5. The summed E-state index contributed by atoms with van der Waals surface area (Å²) in [5.41, 5.74) is 1.45. The fraction of sp³-hybridized carbons (Fsp3) is 0.391. The van der Waals surface area contributed by atoms with Crippen molar-refractivity contribution in [1.82, 2.24) is 9.80 Å². The van der Waals surface area contributed by atoms with Gasteiger partial charge in [0.25, 0.3) is 5.91 Å². The van der Waals surface area contributed by atoms with Crippen LogP contribution in [0.5, 0.6) is 11.5 Å². The molecule has 7 nitrogen and oxygen atoms in total. The van der Waals surface area contributed by atoms with Gasteiger partial charge in [-0.05, 0) is 36.8 Å². The molecule has 2 amide bonds. The fourth-order valence-corrected chi connectivity index (χ4v) is 4.27. The highest BCUT2D eigenvalue weighted by Gasteiger charge is 2.39. The highest BCUT2D eigenvalue weighted by Crippen LogP contribution is 2.32. The van der Waals surface area contributed by atoms with Crippen LogP contribution in [0.4, 0.5) is 5.69 Å². The molecular weight excluding hydrogens is 382 g/mol. The Hall–Kier alpha value is -3.06. The minimum absolute atomic E-state index is 0.00180. The highest BCUT2D eigenvalue weighted by atomic mass is 16.5. The maximum Gasteiger partial charge on any atom is 0.254 e. The van der Waals surface area contributed by atoms with Crippen LogP contribution in [0.25, 0.3) is 0 Å². The van der Waals surface area contributed by atoms with Gasteiger partial charge in [0, 0.05) is 38.3 Å². The Balaban J connectivity index is 1.38. The number of para-hydroxylation sites is 2. The molecule has 2 aliphatic heterocycles. The van der Waals surface area contributed by atoms with Crippen LogP contribution >= 0.6 is 0 Å². The van der Waals surface area contributed by atoms with Crippen LogP contribution in [-0.2, 0) is 4.79 Å². The van der Waals surface area contributed by atoms with Crippen molar-refractivity contribution >= 4 is 17.5 Å². The fourth-order valence-electron chi connectivity index (χ4n) is 4.27. The van der Waals surface area contributed by atoms with E-state index in [2.05, 4.69) is 4.90 Å². The summed E-state index contributed by atoms with van der Waals surface area (Å²) in [6, 6.07) is 14.7. The summed E-state index contributed by atoms with van der Waals surface area (Å²) in [5, 5.41) is 0. The maximum absolute atomic E-state index is 13.1. The lowest BCUT2D eigenvalue weighted by Gasteiger charge is -2.37. The lowest BCUT2D eigenvalue weighted by atomic mass is 10.1. The summed E-state index contributed by atoms with van der Waals surface area (Å²) >= 11 is 0. The van der Waals surface area contributed by atoms with Gasteiger partial charge >= 0.3 is 0 Å². The molecule has 2 fully saturated rings. The largest absolute Gasteiger partial charge is 0.497 e. The Morgan fingerprint density at radius 3 is 2.43 bits per heavy atom. The van der Waals surface area contributed by atoms with E-state index in [1.807, 2.05) is 52.3 Å². The van der Waals surface area contributed by atoms with Gasteiger partial charge in [-0.25, -0.2) is 0 Å². The molecule has 2 aromatic rings. The number of carbonyl (C=O) groups is 2. The normalized spacial score (nSPS) is 19.8. The van der Waals surface area contributed by atoms with Crippen LogP contribution < -0.4 is 14.4 Å². The van der Waals surface area contributed by atoms with Crippen LogP contribution in [0.1, 0.15) is 16.8 Å². The average Bonchev–Trinajstić information content (AvgIpc) is 3.19. The number of carbonyl (C=O) groups excluding carboxylic acids is 2. The molecule has 30 heavy (non-hydrogen) atoms. The van der Waals surface area contributed by atoms with E-state index in [9.17, 15) is 9.59 Å². The van der Waals surface area contributed by atoms with Crippen molar-refractivity contribution in [2.45, 2.75) is 12.5 Å². The molecule has 0 N–H and O–H groups in total. The second kappa shape index (κ2) is 8.75. The number of hydrogen-bond donors (Lipinski definition) is 0. The Labute approximate surface area is 176 Å². The molecule has 2 aromatic carbocycles. The van der Waals surface area contributed by atoms with Gasteiger partial charge in [0.05, 0.1) is 25.9 Å². The third-order valence-electron chi connectivity index (χ3n) is 5.91. The number of hydrogen-bond acceptors (Lipinski definition) is 5. The summed E-state index contributed by atoms with van der Waals surface area (Å²) in [5.74, 6) is 1.49. The topological polar surface area (TPSA) is 62.3 Å². The summed E-state index contributed by atoms with van der Waals surface area (Å²) < 4.78 is 10.6. The average molecular weight is 409 g/mol. The molecule has 1 atom stereocenters. The van der Waals surface area contributed by atoms with Crippen molar-refractivity contribution in [3.05, 3.63) is 54.1 Å². The lowest BCUT2D eigenvalue weighted by Crippen LogP contribution is -2.53. The van der Waals surface area contributed by atoms with E-state index in [-0.39, 0.29) is 17.9 Å². The molecule has 2 heterocycles. The Bertz CT molecular complexity index is 924. The molecule has 1 unspecified atom stereocenters. The van der Waals surface area contributed by atoms with E-state index in [0.717, 1.165) is 12.1 Å². The predicted octanol–water partition coefficient (Wildman–Crippen LogP) is 2.27. The molecule has 2 aliphatic rings. The first-order valence-corrected chi connectivity index (χ1v) is 10.2. The van der Waals surface area contributed by atoms with Crippen LogP contribution in [0.15, 0.2) is 48.5 Å². The van der Waals surface area contributed by atoms with E-state index in [1.165, 1.54) is 0 Å². The number of anilines is 1. The van der Waals surface area contributed by atoms with Crippen molar-refractivity contribution < 1.29 is 19.1 Å². The monoisotopic (exact) mass is 409 g/mol. The summed E-state index contributed by atoms with van der Waals surface area (Å²) in [4.78, 5) is 31.8. The zero-order valence-electron chi connectivity index (χ0n) is 17.4. The van der Waals surface area contributed by atoms with Crippen LogP contribution in [-0.4, -0.2) is 74.6 Å². The number of piperazine rings is 1. The molecule has 0 aliphatic carbocycles. The zero-order valence-corrected chi connectivity index (χ0v) is 17.4. The number of methoxy groups -OCH3 is 2. The van der Waals surface area contributed by atoms with Gasteiger partial charge in [0.1, 0.15) is 11.5 Å². The van der Waals surface area contributed by atoms with E-state index in [0.29, 0.717) is 49.8 Å². The van der Waals surface area contributed by atoms with Crippen molar-refractivity contribution in [2.75, 3.05) is 51.8 Å². The molecule has 158 valence electrons.